The molecule has 10 heteroatoms. The van der Waals surface area contributed by atoms with Crippen LogP contribution in [0.3, 0.4) is 0 Å². The highest BCUT2D eigenvalue weighted by Crippen LogP contribution is 2.59. The Kier molecular flexibility index (Phi) is 5.77. The highest BCUT2D eigenvalue weighted by Gasteiger charge is 2.73. The Labute approximate surface area is 220 Å². The molecule has 2 aromatic carbocycles. The maximum atomic E-state index is 13.7. The first-order chi connectivity index (χ1) is 18.4. The number of imide groups is 2. The molecule has 0 bridgehead atoms. The molecule has 6 atom stereocenters. The summed E-state index contributed by atoms with van der Waals surface area (Å²) in [5.74, 6) is -1.22. The average Bonchev–Trinajstić information content (AvgIpc) is 3.60. The van der Waals surface area contributed by atoms with Gasteiger partial charge >= 0.3 is 0 Å². The zero-order valence-electron chi connectivity index (χ0n) is 21.7. The third-order valence-electron chi connectivity index (χ3n) is 8.45. The van der Waals surface area contributed by atoms with Crippen molar-refractivity contribution in [1.82, 2.24) is 19.8 Å². The summed E-state index contributed by atoms with van der Waals surface area (Å²) in [5.41, 5.74) is 1.57. The van der Waals surface area contributed by atoms with Gasteiger partial charge in [-0.05, 0) is 49.2 Å². The van der Waals surface area contributed by atoms with Crippen LogP contribution in [-0.2, 0) is 19.2 Å². The summed E-state index contributed by atoms with van der Waals surface area (Å²) in [5, 5.41) is 3.74. The second-order valence-corrected chi connectivity index (χ2v) is 9.98. The number of carbonyl (C=O) groups excluding carboxylic acids is 4. The zero-order chi connectivity index (χ0) is 26.9. The van der Waals surface area contributed by atoms with Crippen LogP contribution in [-0.4, -0.2) is 82.8 Å². The molecule has 4 amide bonds. The van der Waals surface area contributed by atoms with E-state index in [1.54, 1.807) is 52.3 Å². The quantitative estimate of drug-likeness (QED) is 0.534. The number of fused-ring (bicyclic) bond motifs is 5. The summed E-state index contributed by atoms with van der Waals surface area (Å²) in [6.45, 7) is 4.08. The molecule has 10 nitrogen and oxygen atoms in total. The standard InChI is InChI=1S/C28H30N4O6/c1-5-29-25(33)19-21(15-7-11-17(37-3)12-8-15)32-24-20(26(34)30(6-2)28(24)36)22(31(32)23(19)27(29)35)16-9-13-18(38-4)14-10-16/h7-14,19-24H,5-6H2,1-4H3/t19-,20-,21-,22+,23+,24-/m0/s1. The number of likely N-dealkylation sites (N-methyl/N-ethyl adjacent to an activating group) is 2. The lowest BCUT2D eigenvalue weighted by molar-refractivity contribution is -0.152. The molecule has 4 heterocycles. The van der Waals surface area contributed by atoms with E-state index in [0.29, 0.717) is 11.5 Å². The van der Waals surface area contributed by atoms with Crippen molar-refractivity contribution in [2.24, 2.45) is 11.8 Å². The summed E-state index contributed by atoms with van der Waals surface area (Å²) in [4.78, 5) is 57.5. The molecule has 4 saturated heterocycles. The van der Waals surface area contributed by atoms with Gasteiger partial charge in [0.2, 0.25) is 23.6 Å². The highest BCUT2D eigenvalue weighted by molar-refractivity contribution is 6.10. The van der Waals surface area contributed by atoms with E-state index in [1.165, 1.54) is 9.80 Å². The van der Waals surface area contributed by atoms with Gasteiger partial charge in [0.15, 0.2) is 0 Å². The van der Waals surface area contributed by atoms with Crippen molar-refractivity contribution in [1.29, 1.82) is 0 Å². The van der Waals surface area contributed by atoms with E-state index in [9.17, 15) is 19.2 Å². The lowest BCUT2D eigenvalue weighted by Crippen LogP contribution is -2.50. The Bertz CT molecular complexity index is 1210. The molecule has 2 aromatic rings. The first kappa shape index (κ1) is 24.6. The lowest BCUT2D eigenvalue weighted by Gasteiger charge is -2.35. The van der Waals surface area contributed by atoms with Gasteiger partial charge in [-0.15, -0.1) is 0 Å². The number of carbonyl (C=O) groups is 4. The number of hydrogen-bond acceptors (Lipinski definition) is 8. The summed E-state index contributed by atoms with van der Waals surface area (Å²) in [7, 11) is 3.15. The molecule has 0 saturated carbocycles. The van der Waals surface area contributed by atoms with E-state index in [2.05, 4.69) is 0 Å². The molecule has 0 spiro atoms. The fourth-order valence-electron chi connectivity index (χ4n) is 6.84. The molecule has 4 aliphatic heterocycles. The number of hydrogen-bond donors (Lipinski definition) is 0. The van der Waals surface area contributed by atoms with Crippen molar-refractivity contribution >= 4 is 23.6 Å². The summed E-state index contributed by atoms with van der Waals surface area (Å²) in [6.07, 6.45) is 0. The van der Waals surface area contributed by atoms with Crippen LogP contribution in [0.25, 0.3) is 0 Å². The molecule has 0 N–H and O–H groups in total. The molecule has 0 aromatic heterocycles. The fraction of sp³-hybridized carbons (Fsp3) is 0.429. The van der Waals surface area contributed by atoms with Gasteiger partial charge in [-0.2, -0.15) is 0 Å². The number of amides is 4. The number of methoxy groups -OCH3 is 2. The van der Waals surface area contributed by atoms with Crippen molar-refractivity contribution in [3.8, 4) is 11.5 Å². The van der Waals surface area contributed by atoms with Gasteiger partial charge in [0.25, 0.3) is 0 Å². The van der Waals surface area contributed by atoms with Gasteiger partial charge in [0.05, 0.1) is 38.1 Å². The molecule has 0 radical (unpaired) electrons. The number of hydrazine groups is 1. The van der Waals surface area contributed by atoms with Crippen LogP contribution < -0.4 is 9.47 Å². The molecular weight excluding hydrogens is 488 g/mol. The second kappa shape index (κ2) is 8.92. The van der Waals surface area contributed by atoms with Gasteiger partial charge in [-0.25, -0.2) is 10.0 Å². The first-order valence-electron chi connectivity index (χ1n) is 12.9. The van der Waals surface area contributed by atoms with E-state index < -0.39 is 36.0 Å². The minimum Gasteiger partial charge on any atom is -0.497 e. The summed E-state index contributed by atoms with van der Waals surface area (Å²) in [6, 6.07) is 11.9. The van der Waals surface area contributed by atoms with E-state index in [1.807, 2.05) is 34.3 Å². The minimum atomic E-state index is -0.817. The van der Waals surface area contributed by atoms with E-state index in [4.69, 9.17) is 9.47 Å². The summed E-state index contributed by atoms with van der Waals surface area (Å²) < 4.78 is 10.7. The Morgan fingerprint density at radius 3 is 1.18 bits per heavy atom. The molecule has 0 unspecified atom stereocenters. The Hall–Kier alpha value is -3.76. The second-order valence-electron chi connectivity index (χ2n) is 9.98. The van der Waals surface area contributed by atoms with Crippen LogP contribution in [0.1, 0.15) is 37.1 Å². The highest BCUT2D eigenvalue weighted by atomic mass is 16.5. The molecule has 4 fully saturated rings. The maximum absolute atomic E-state index is 13.7. The molecule has 0 aliphatic carbocycles. The van der Waals surface area contributed by atoms with Crippen molar-refractivity contribution < 1.29 is 28.7 Å². The fourth-order valence-corrected chi connectivity index (χ4v) is 6.84. The van der Waals surface area contributed by atoms with E-state index >= 15 is 0 Å². The van der Waals surface area contributed by atoms with Gasteiger partial charge in [0.1, 0.15) is 23.6 Å². The number of ether oxygens (including phenoxy) is 2. The predicted octanol–water partition coefficient (Wildman–Crippen LogP) is 1.78. The van der Waals surface area contributed by atoms with Crippen molar-refractivity contribution in [3.63, 3.8) is 0 Å². The third-order valence-corrected chi connectivity index (χ3v) is 8.45. The average molecular weight is 519 g/mol. The third kappa shape index (κ3) is 3.13. The topological polar surface area (TPSA) is 99.7 Å². The molecule has 38 heavy (non-hydrogen) atoms. The Balaban J connectivity index is 1.56. The number of rotatable bonds is 6. The molecule has 4 aliphatic rings. The van der Waals surface area contributed by atoms with Crippen molar-refractivity contribution in [2.75, 3.05) is 27.3 Å². The zero-order valence-corrected chi connectivity index (χ0v) is 21.7. The van der Waals surface area contributed by atoms with Crippen LogP contribution in [0.15, 0.2) is 48.5 Å². The largest absolute Gasteiger partial charge is 0.497 e. The van der Waals surface area contributed by atoms with Gasteiger partial charge in [0, 0.05) is 13.1 Å². The number of likely N-dealkylation sites (tertiary alicyclic amines) is 2. The maximum Gasteiger partial charge on any atom is 0.248 e. The molecule has 6 rings (SSSR count). The van der Waals surface area contributed by atoms with Crippen molar-refractivity contribution in [2.45, 2.75) is 38.0 Å². The number of nitrogens with zero attached hydrogens (tertiary/aromatic N) is 4. The van der Waals surface area contributed by atoms with Gasteiger partial charge in [-0.1, -0.05) is 24.3 Å². The molecule has 198 valence electrons. The normalized spacial score (nSPS) is 30.7. The predicted molar refractivity (Wildman–Crippen MR) is 134 cm³/mol. The van der Waals surface area contributed by atoms with Crippen molar-refractivity contribution in [3.05, 3.63) is 59.7 Å². The van der Waals surface area contributed by atoms with E-state index in [-0.39, 0.29) is 36.7 Å². The van der Waals surface area contributed by atoms with Crippen LogP contribution in [0, 0.1) is 11.8 Å². The van der Waals surface area contributed by atoms with Gasteiger partial charge in [-0.3, -0.25) is 29.0 Å². The minimum absolute atomic E-state index is 0.258. The smallest absolute Gasteiger partial charge is 0.248 e. The lowest BCUT2D eigenvalue weighted by atomic mass is 9.84. The Morgan fingerprint density at radius 1 is 0.553 bits per heavy atom. The van der Waals surface area contributed by atoms with E-state index in [0.717, 1.165) is 11.1 Å². The Morgan fingerprint density at radius 2 is 0.895 bits per heavy atom. The number of benzene rings is 2. The molecular formula is C28H30N4O6. The van der Waals surface area contributed by atoms with Crippen LogP contribution in [0.5, 0.6) is 11.5 Å². The van der Waals surface area contributed by atoms with Gasteiger partial charge < -0.3 is 9.47 Å². The van der Waals surface area contributed by atoms with Crippen LogP contribution in [0.4, 0.5) is 0 Å². The van der Waals surface area contributed by atoms with Crippen LogP contribution in [0.2, 0.25) is 0 Å². The monoisotopic (exact) mass is 518 g/mol. The summed E-state index contributed by atoms with van der Waals surface area (Å²) >= 11 is 0. The SMILES string of the molecule is CCN1C(=O)[C@@H]2[C@@H](C1=O)N1[C@@H](c3ccc(OC)cc3)[C@@H]3C(=O)N(CC)C(=O)[C@@H]3N1[C@@H]2c1ccc(OC)cc1. The first-order valence-corrected chi connectivity index (χ1v) is 12.9. The van der Waals surface area contributed by atoms with Crippen LogP contribution >= 0.6 is 0 Å².